The van der Waals surface area contributed by atoms with Gasteiger partial charge in [0.25, 0.3) is 11.5 Å². The fourth-order valence-electron chi connectivity index (χ4n) is 4.36. The molecule has 1 fully saturated rings. The van der Waals surface area contributed by atoms with E-state index in [9.17, 15) is 9.59 Å². The lowest BCUT2D eigenvalue weighted by Crippen LogP contribution is -2.29. The number of pyridine rings is 2. The summed E-state index contributed by atoms with van der Waals surface area (Å²) in [6.07, 6.45) is 7.45. The summed E-state index contributed by atoms with van der Waals surface area (Å²) < 4.78 is 0. The van der Waals surface area contributed by atoms with Crippen LogP contribution in [-0.4, -0.2) is 48.6 Å². The van der Waals surface area contributed by atoms with Crippen LogP contribution >= 0.6 is 0 Å². The van der Waals surface area contributed by atoms with Crippen molar-refractivity contribution in [2.45, 2.75) is 39.0 Å². The summed E-state index contributed by atoms with van der Waals surface area (Å²) in [5.41, 5.74) is 2.92. The van der Waals surface area contributed by atoms with Crippen molar-refractivity contribution in [2.75, 3.05) is 48.3 Å². The number of nitrogens with one attached hydrogen (secondary N) is 4. The van der Waals surface area contributed by atoms with Crippen molar-refractivity contribution < 1.29 is 4.79 Å². The lowest BCUT2D eigenvalue weighted by molar-refractivity contribution is 0.102. The number of unbranched alkanes of at least 4 members (excludes halogenated alkanes) is 1. The Hall–Kier alpha value is -3.65. The van der Waals surface area contributed by atoms with Crippen LogP contribution in [0.5, 0.6) is 0 Å². The molecule has 4 rings (SSSR count). The predicted octanol–water partition coefficient (Wildman–Crippen LogP) is 4.48. The molecule has 0 unspecified atom stereocenters. The number of hydrogen-bond donors (Lipinski definition) is 4. The molecule has 1 saturated heterocycles. The van der Waals surface area contributed by atoms with Crippen molar-refractivity contribution in [3.05, 3.63) is 70.6 Å². The summed E-state index contributed by atoms with van der Waals surface area (Å²) >= 11 is 0. The molecule has 36 heavy (non-hydrogen) atoms. The Balaban J connectivity index is 1.40. The maximum Gasteiger partial charge on any atom is 0.271 e. The zero-order valence-corrected chi connectivity index (χ0v) is 21.0. The maximum atomic E-state index is 12.9. The Morgan fingerprint density at radius 3 is 2.58 bits per heavy atom. The second-order valence-electron chi connectivity index (χ2n) is 9.08. The van der Waals surface area contributed by atoms with Crippen LogP contribution in [0.15, 0.2) is 59.5 Å². The van der Waals surface area contributed by atoms with Crippen molar-refractivity contribution >= 4 is 23.1 Å². The molecule has 0 aliphatic carbocycles. The van der Waals surface area contributed by atoms with Crippen molar-refractivity contribution in [2.24, 2.45) is 0 Å². The summed E-state index contributed by atoms with van der Waals surface area (Å²) in [5, 5.41) is 9.44. The van der Waals surface area contributed by atoms with Gasteiger partial charge >= 0.3 is 0 Å². The van der Waals surface area contributed by atoms with E-state index in [0.29, 0.717) is 11.3 Å². The zero-order chi connectivity index (χ0) is 25.2. The molecule has 3 aromatic rings. The lowest BCUT2D eigenvalue weighted by atomic mass is 10.1. The van der Waals surface area contributed by atoms with E-state index in [4.69, 9.17) is 0 Å². The third-order valence-electron chi connectivity index (χ3n) is 6.38. The number of carbonyl (C=O) groups excluding carboxylic acids is 1. The Labute approximate surface area is 212 Å². The van der Waals surface area contributed by atoms with Gasteiger partial charge in [-0.2, -0.15) is 0 Å². The number of hydrogen-bond acceptors (Lipinski definition) is 6. The second-order valence-corrected chi connectivity index (χ2v) is 9.08. The number of piperidine rings is 1. The van der Waals surface area contributed by atoms with Crippen molar-refractivity contribution in [3.8, 4) is 11.3 Å². The van der Waals surface area contributed by atoms with E-state index in [0.717, 1.165) is 62.6 Å². The Morgan fingerprint density at radius 1 is 1.03 bits per heavy atom. The first-order chi connectivity index (χ1) is 17.6. The first kappa shape index (κ1) is 25.4. The van der Waals surface area contributed by atoms with Gasteiger partial charge in [0.05, 0.1) is 5.69 Å². The number of anilines is 3. The molecular weight excluding hydrogens is 452 g/mol. The summed E-state index contributed by atoms with van der Waals surface area (Å²) in [5.74, 6) is 0.463. The number of H-pyrrole nitrogens is 1. The van der Waals surface area contributed by atoms with Gasteiger partial charge in [0.1, 0.15) is 11.5 Å². The molecule has 1 amide bonds. The Kier molecular flexibility index (Phi) is 9.10. The van der Waals surface area contributed by atoms with Gasteiger partial charge in [-0.25, -0.2) is 4.98 Å². The molecule has 1 aromatic carbocycles. The molecule has 8 heteroatoms. The van der Waals surface area contributed by atoms with Gasteiger partial charge in [0, 0.05) is 42.6 Å². The third-order valence-corrected chi connectivity index (χ3v) is 6.38. The molecule has 0 bridgehead atoms. The molecule has 0 spiro atoms. The lowest BCUT2D eigenvalue weighted by Gasteiger charge is -2.28. The molecular formula is C28H36N6O2. The van der Waals surface area contributed by atoms with Crippen LogP contribution in [0.25, 0.3) is 11.3 Å². The van der Waals surface area contributed by atoms with Crippen LogP contribution in [0.4, 0.5) is 17.2 Å². The second kappa shape index (κ2) is 12.9. The number of rotatable bonds is 11. The van der Waals surface area contributed by atoms with Gasteiger partial charge in [0.15, 0.2) is 0 Å². The maximum absolute atomic E-state index is 12.9. The molecule has 0 radical (unpaired) electrons. The SMILES string of the molecule is CCNCCCCNc1cccc(-c2c[nH]c(=O)c(NC(=O)c3ccc(N4CCCCC4)cc3)c2)n1. The number of nitrogens with zero attached hydrogens (tertiary/aromatic N) is 2. The van der Waals surface area contributed by atoms with E-state index in [1.54, 1.807) is 12.3 Å². The van der Waals surface area contributed by atoms with Gasteiger partial charge in [-0.1, -0.05) is 13.0 Å². The first-order valence-electron chi connectivity index (χ1n) is 12.9. The molecule has 4 N–H and O–H groups in total. The summed E-state index contributed by atoms with van der Waals surface area (Å²) in [7, 11) is 0. The summed E-state index contributed by atoms with van der Waals surface area (Å²) in [6.45, 7) is 7.05. The quantitative estimate of drug-likeness (QED) is 0.297. The van der Waals surface area contributed by atoms with E-state index in [1.807, 2.05) is 42.5 Å². The first-order valence-corrected chi connectivity index (χ1v) is 12.9. The topological polar surface area (TPSA) is 102 Å². The fourth-order valence-corrected chi connectivity index (χ4v) is 4.36. The Bertz CT molecular complexity index is 1190. The fraction of sp³-hybridized carbons (Fsp3) is 0.393. The van der Waals surface area contributed by atoms with Gasteiger partial charge in [-0.3, -0.25) is 9.59 Å². The highest BCUT2D eigenvalue weighted by molar-refractivity contribution is 6.04. The number of aromatic nitrogens is 2. The van der Waals surface area contributed by atoms with Crippen LogP contribution < -0.4 is 26.4 Å². The van der Waals surface area contributed by atoms with Gasteiger partial charge in [-0.15, -0.1) is 0 Å². The van der Waals surface area contributed by atoms with Crippen LogP contribution in [0.2, 0.25) is 0 Å². The normalized spacial score (nSPS) is 13.4. The largest absolute Gasteiger partial charge is 0.372 e. The molecule has 2 aromatic heterocycles. The summed E-state index contributed by atoms with van der Waals surface area (Å²) in [4.78, 5) is 35.0. The highest BCUT2D eigenvalue weighted by Crippen LogP contribution is 2.22. The standard InChI is InChI=1S/C28H36N6O2/c1-2-29-15-4-5-16-30-26-10-8-9-24(32-26)22-19-25(28(36)31-20-22)33-27(35)21-11-13-23(14-12-21)34-17-6-3-7-18-34/h8-14,19-20,29H,2-7,15-18H2,1H3,(H,30,32)(H,31,36)(H,33,35). The number of aromatic amines is 1. The highest BCUT2D eigenvalue weighted by atomic mass is 16.2. The zero-order valence-electron chi connectivity index (χ0n) is 21.0. The minimum atomic E-state index is -0.355. The van der Waals surface area contributed by atoms with Gasteiger partial charge < -0.3 is 25.8 Å². The number of amides is 1. The van der Waals surface area contributed by atoms with E-state index in [1.165, 1.54) is 19.3 Å². The molecule has 1 aliphatic rings. The highest BCUT2D eigenvalue weighted by Gasteiger charge is 2.14. The van der Waals surface area contributed by atoms with Crippen LogP contribution in [0, 0.1) is 0 Å². The predicted molar refractivity (Wildman–Crippen MR) is 147 cm³/mol. The van der Waals surface area contributed by atoms with Gasteiger partial charge in [0.2, 0.25) is 0 Å². The minimum absolute atomic E-state index is 0.196. The molecule has 1 aliphatic heterocycles. The van der Waals surface area contributed by atoms with Crippen molar-refractivity contribution in [3.63, 3.8) is 0 Å². The molecule has 0 atom stereocenters. The van der Waals surface area contributed by atoms with E-state index >= 15 is 0 Å². The molecule has 8 nitrogen and oxygen atoms in total. The molecule has 190 valence electrons. The third kappa shape index (κ3) is 6.95. The van der Waals surface area contributed by atoms with Crippen molar-refractivity contribution in [1.82, 2.24) is 15.3 Å². The average Bonchev–Trinajstić information content (AvgIpc) is 2.92. The average molecular weight is 489 g/mol. The van der Waals surface area contributed by atoms with E-state index in [2.05, 4.69) is 37.7 Å². The minimum Gasteiger partial charge on any atom is -0.372 e. The Morgan fingerprint density at radius 2 is 1.81 bits per heavy atom. The smallest absolute Gasteiger partial charge is 0.271 e. The monoisotopic (exact) mass is 488 g/mol. The van der Waals surface area contributed by atoms with Crippen LogP contribution in [0.1, 0.15) is 49.4 Å². The number of benzene rings is 1. The number of carbonyl (C=O) groups is 1. The van der Waals surface area contributed by atoms with Gasteiger partial charge in [-0.05, 0) is 87.7 Å². The molecule has 0 saturated carbocycles. The van der Waals surface area contributed by atoms with Crippen molar-refractivity contribution in [1.29, 1.82) is 0 Å². The van der Waals surface area contributed by atoms with E-state index in [-0.39, 0.29) is 17.2 Å². The summed E-state index contributed by atoms with van der Waals surface area (Å²) in [6, 6.07) is 15.0. The van der Waals surface area contributed by atoms with E-state index < -0.39 is 0 Å². The molecule has 3 heterocycles. The van der Waals surface area contributed by atoms with Crippen LogP contribution in [0.3, 0.4) is 0 Å². The van der Waals surface area contributed by atoms with Crippen LogP contribution in [-0.2, 0) is 0 Å².